The minimum atomic E-state index is -0.371. The third-order valence-corrected chi connectivity index (χ3v) is 7.12. The van der Waals surface area contributed by atoms with E-state index < -0.39 is 0 Å². The molecule has 0 bridgehead atoms. The number of carbonyl (C=O) groups excluding carboxylic acids is 1. The molecule has 0 aromatic carbocycles. The minimum Gasteiger partial charge on any atom is -0.489 e. The second kappa shape index (κ2) is 11.4. The number of nitrogens with one attached hydrogen (secondary N) is 1. The lowest BCUT2D eigenvalue weighted by molar-refractivity contribution is 0.0930. The lowest BCUT2D eigenvalue weighted by Crippen LogP contribution is -2.38. The number of terminal acetylenes is 1. The number of nitrogen functional groups attached to an aromatic ring is 1. The maximum atomic E-state index is 12.7. The number of nitrogens with two attached hydrogens (primary N) is 1. The van der Waals surface area contributed by atoms with Gasteiger partial charge in [-0.2, -0.15) is 15.0 Å². The highest BCUT2D eigenvalue weighted by Crippen LogP contribution is 2.44. The molecule has 40 heavy (non-hydrogen) atoms. The molecule has 2 fully saturated rings. The zero-order valence-corrected chi connectivity index (χ0v) is 23.1. The van der Waals surface area contributed by atoms with Crippen molar-refractivity contribution in [1.82, 2.24) is 34.8 Å². The summed E-state index contributed by atoms with van der Waals surface area (Å²) in [5, 5.41) is 2.84. The number of carbonyl (C=O) groups is 1. The molecule has 1 aliphatic heterocycles. The molecule has 12 nitrogen and oxygen atoms in total. The Hall–Kier alpha value is -4.40. The van der Waals surface area contributed by atoms with Crippen LogP contribution in [0.1, 0.15) is 50.1 Å². The maximum absolute atomic E-state index is 12.7. The SMILES string of the molecule is C#CC1(COc2nc(C(=O)NC(C)C)nc(N3CCC(COc4cc(-c5cn(C)cn5)cnc4N)CC3)n2)CC1. The highest BCUT2D eigenvalue weighted by atomic mass is 16.5. The molecule has 1 amide bonds. The van der Waals surface area contributed by atoms with E-state index in [9.17, 15) is 4.79 Å². The van der Waals surface area contributed by atoms with Gasteiger partial charge in [0.05, 0.1) is 24.0 Å². The molecule has 0 atom stereocenters. The summed E-state index contributed by atoms with van der Waals surface area (Å²) in [6.07, 6.45) is 14.5. The van der Waals surface area contributed by atoms with Crippen molar-refractivity contribution in [2.45, 2.75) is 45.6 Å². The number of aryl methyl sites for hydroxylation is 1. The zero-order valence-electron chi connectivity index (χ0n) is 23.1. The Bertz CT molecular complexity index is 1400. The summed E-state index contributed by atoms with van der Waals surface area (Å²) in [5.74, 6) is 4.07. The average molecular weight is 546 g/mol. The third kappa shape index (κ3) is 6.42. The van der Waals surface area contributed by atoms with Crippen molar-refractivity contribution in [2.24, 2.45) is 18.4 Å². The Morgan fingerprint density at radius 2 is 2.00 bits per heavy atom. The second-order valence-corrected chi connectivity index (χ2v) is 10.9. The Labute approximate surface area is 233 Å². The average Bonchev–Trinajstić information content (AvgIpc) is 3.61. The maximum Gasteiger partial charge on any atom is 0.322 e. The molecule has 1 aliphatic carbocycles. The van der Waals surface area contributed by atoms with Gasteiger partial charge in [0.1, 0.15) is 6.61 Å². The molecule has 210 valence electrons. The van der Waals surface area contributed by atoms with E-state index in [-0.39, 0.29) is 29.2 Å². The summed E-state index contributed by atoms with van der Waals surface area (Å²) in [5.41, 5.74) is 7.48. The number of aromatic nitrogens is 6. The van der Waals surface area contributed by atoms with Gasteiger partial charge in [0.25, 0.3) is 5.91 Å². The number of imidazole rings is 1. The number of anilines is 2. The topological polar surface area (TPSA) is 146 Å². The van der Waals surface area contributed by atoms with Gasteiger partial charge >= 0.3 is 6.01 Å². The standard InChI is InChI=1S/C28H35N9O3/c1-5-28(8-9-28)16-40-27-34-24(25(38)32-18(2)3)33-26(35-27)37-10-6-19(7-11-37)15-39-22-12-20(13-30-23(22)29)21-14-36(4)17-31-21/h1,12-14,17-19H,6-11,15-16H2,2-4H3,(H2,29,30)(H,32,38). The molecule has 1 saturated heterocycles. The van der Waals surface area contributed by atoms with Crippen molar-refractivity contribution >= 4 is 17.7 Å². The van der Waals surface area contributed by atoms with Crippen molar-refractivity contribution in [1.29, 1.82) is 0 Å². The molecule has 0 unspecified atom stereocenters. The largest absolute Gasteiger partial charge is 0.489 e. The van der Waals surface area contributed by atoms with E-state index in [1.807, 2.05) is 42.6 Å². The summed E-state index contributed by atoms with van der Waals surface area (Å²) >= 11 is 0. The second-order valence-electron chi connectivity index (χ2n) is 10.9. The molecular weight excluding hydrogens is 510 g/mol. The van der Waals surface area contributed by atoms with Crippen LogP contribution in [-0.4, -0.2) is 67.7 Å². The van der Waals surface area contributed by atoms with E-state index in [1.165, 1.54) is 0 Å². The quantitative estimate of drug-likeness (QED) is 0.364. The highest BCUT2D eigenvalue weighted by Gasteiger charge is 2.42. The monoisotopic (exact) mass is 545 g/mol. The van der Waals surface area contributed by atoms with Gasteiger partial charge in [-0.05, 0) is 51.5 Å². The summed E-state index contributed by atoms with van der Waals surface area (Å²) < 4.78 is 13.8. The normalized spacial score (nSPS) is 16.4. The molecule has 0 radical (unpaired) electrons. The molecule has 1 saturated carbocycles. The molecule has 4 heterocycles. The van der Waals surface area contributed by atoms with Crippen LogP contribution in [0.3, 0.4) is 0 Å². The summed E-state index contributed by atoms with van der Waals surface area (Å²) in [4.78, 5) is 36.7. The Balaban J connectivity index is 1.22. The number of hydrogen-bond donors (Lipinski definition) is 2. The van der Waals surface area contributed by atoms with Crippen LogP contribution in [0.5, 0.6) is 11.8 Å². The number of piperidine rings is 1. The van der Waals surface area contributed by atoms with Gasteiger partial charge in [0, 0.05) is 44.1 Å². The van der Waals surface area contributed by atoms with Gasteiger partial charge in [-0.3, -0.25) is 4.79 Å². The van der Waals surface area contributed by atoms with Crippen LogP contribution in [0.15, 0.2) is 24.8 Å². The van der Waals surface area contributed by atoms with Crippen LogP contribution in [-0.2, 0) is 7.05 Å². The summed E-state index contributed by atoms with van der Waals surface area (Å²) in [6.45, 7) is 5.97. The van der Waals surface area contributed by atoms with Gasteiger partial charge < -0.3 is 30.0 Å². The molecule has 2 aliphatic rings. The first kappa shape index (κ1) is 27.2. The van der Waals surface area contributed by atoms with Crippen molar-refractivity contribution in [2.75, 3.05) is 36.9 Å². The van der Waals surface area contributed by atoms with Crippen LogP contribution in [0.2, 0.25) is 0 Å². The van der Waals surface area contributed by atoms with Gasteiger partial charge in [-0.25, -0.2) is 9.97 Å². The van der Waals surface area contributed by atoms with E-state index in [2.05, 4.69) is 36.2 Å². The number of amides is 1. The van der Waals surface area contributed by atoms with Crippen molar-refractivity contribution in [3.8, 4) is 35.4 Å². The lowest BCUT2D eigenvalue weighted by atomic mass is 9.98. The molecule has 5 rings (SSSR count). The predicted molar refractivity (Wildman–Crippen MR) is 150 cm³/mol. The van der Waals surface area contributed by atoms with E-state index in [4.69, 9.17) is 21.6 Å². The highest BCUT2D eigenvalue weighted by molar-refractivity contribution is 5.90. The van der Waals surface area contributed by atoms with Gasteiger partial charge in [0.15, 0.2) is 11.6 Å². The number of hydrogen-bond acceptors (Lipinski definition) is 10. The van der Waals surface area contributed by atoms with Crippen LogP contribution in [0, 0.1) is 23.7 Å². The number of pyridine rings is 1. The van der Waals surface area contributed by atoms with E-state index in [0.717, 1.165) is 36.9 Å². The van der Waals surface area contributed by atoms with Crippen LogP contribution >= 0.6 is 0 Å². The lowest BCUT2D eigenvalue weighted by Gasteiger charge is -2.32. The van der Waals surface area contributed by atoms with Gasteiger partial charge in [-0.1, -0.05) is 5.92 Å². The first-order valence-corrected chi connectivity index (χ1v) is 13.5. The molecule has 0 spiro atoms. The summed E-state index contributed by atoms with van der Waals surface area (Å²) in [7, 11) is 1.92. The van der Waals surface area contributed by atoms with Crippen LogP contribution in [0.4, 0.5) is 11.8 Å². The van der Waals surface area contributed by atoms with Crippen molar-refractivity contribution in [3.05, 3.63) is 30.6 Å². The molecule has 3 aromatic rings. The fourth-order valence-corrected chi connectivity index (χ4v) is 4.44. The van der Waals surface area contributed by atoms with Gasteiger partial charge in [0.2, 0.25) is 11.8 Å². The number of nitrogens with zero attached hydrogens (tertiary/aromatic N) is 7. The molecule has 12 heteroatoms. The first-order valence-electron chi connectivity index (χ1n) is 13.5. The molecular formula is C28H35N9O3. The van der Waals surface area contributed by atoms with Crippen molar-refractivity contribution in [3.63, 3.8) is 0 Å². The van der Waals surface area contributed by atoms with Crippen molar-refractivity contribution < 1.29 is 14.3 Å². The molecule has 3 aromatic heterocycles. The smallest absolute Gasteiger partial charge is 0.322 e. The zero-order chi connectivity index (χ0) is 28.3. The fourth-order valence-electron chi connectivity index (χ4n) is 4.44. The minimum absolute atomic E-state index is 0.0282. The van der Waals surface area contributed by atoms with E-state index in [0.29, 0.717) is 49.7 Å². The van der Waals surface area contributed by atoms with Crippen LogP contribution < -0.4 is 25.4 Å². The van der Waals surface area contributed by atoms with Crippen LogP contribution in [0.25, 0.3) is 11.3 Å². The Kier molecular flexibility index (Phi) is 7.73. The summed E-state index contributed by atoms with van der Waals surface area (Å²) in [6, 6.07) is 1.93. The third-order valence-electron chi connectivity index (χ3n) is 7.12. The Morgan fingerprint density at radius 3 is 2.65 bits per heavy atom. The predicted octanol–water partition coefficient (Wildman–Crippen LogP) is 2.48. The number of ether oxygens (including phenoxy) is 2. The Morgan fingerprint density at radius 1 is 1.23 bits per heavy atom. The van der Waals surface area contributed by atoms with E-state index >= 15 is 0 Å². The first-order chi connectivity index (χ1) is 19.2. The van der Waals surface area contributed by atoms with E-state index in [1.54, 1.807) is 12.5 Å². The number of rotatable bonds is 10. The van der Waals surface area contributed by atoms with Gasteiger partial charge in [-0.15, -0.1) is 6.42 Å². The molecule has 3 N–H and O–H groups in total. The fraction of sp³-hybridized carbons (Fsp3) is 0.500.